The number of halogens is 2. The van der Waals surface area contributed by atoms with Crippen molar-refractivity contribution >= 4 is 34.2 Å². The number of hydrogen-bond donors (Lipinski definition) is 0. The van der Waals surface area contributed by atoms with Crippen LogP contribution in [0, 0.1) is 6.92 Å². The van der Waals surface area contributed by atoms with Gasteiger partial charge in [-0.1, -0.05) is 29.8 Å². The second-order valence-electron chi connectivity index (χ2n) is 4.84. The molecule has 0 spiro atoms. The first-order valence-corrected chi connectivity index (χ1v) is 7.27. The van der Waals surface area contributed by atoms with Gasteiger partial charge in [0.15, 0.2) is 0 Å². The second kappa shape index (κ2) is 5.12. The third-order valence-electron chi connectivity index (χ3n) is 3.36. The van der Waals surface area contributed by atoms with Crippen LogP contribution in [0.3, 0.4) is 0 Å². The molecule has 1 unspecified atom stereocenters. The zero-order chi connectivity index (χ0) is 14.3. The summed E-state index contributed by atoms with van der Waals surface area (Å²) in [6.07, 6.45) is 0. The molecular formula is C16H14Cl2N2. The van der Waals surface area contributed by atoms with Crippen LogP contribution in [0.4, 0.5) is 0 Å². The molecule has 0 bridgehead atoms. The number of nitrogens with zero attached hydrogens (tertiary/aromatic N) is 2. The number of aromatic nitrogens is 2. The van der Waals surface area contributed by atoms with Gasteiger partial charge in [0, 0.05) is 10.7 Å². The molecule has 0 aliphatic carbocycles. The molecule has 4 heteroatoms. The van der Waals surface area contributed by atoms with Gasteiger partial charge in [0.25, 0.3) is 0 Å². The Balaban J connectivity index is 2.33. The van der Waals surface area contributed by atoms with Crippen LogP contribution in [0.2, 0.25) is 5.02 Å². The van der Waals surface area contributed by atoms with Crippen molar-refractivity contribution in [3.8, 4) is 5.69 Å². The van der Waals surface area contributed by atoms with E-state index in [0.29, 0.717) is 0 Å². The number of benzene rings is 2. The van der Waals surface area contributed by atoms with E-state index in [9.17, 15) is 0 Å². The SMILES string of the molecule is Cc1ccc(-n2c(C(C)Cl)nc3ccccc32)cc1Cl. The Hall–Kier alpha value is -1.51. The first-order valence-electron chi connectivity index (χ1n) is 6.46. The van der Waals surface area contributed by atoms with E-state index in [1.54, 1.807) is 0 Å². The Kier molecular flexibility index (Phi) is 3.45. The summed E-state index contributed by atoms with van der Waals surface area (Å²) >= 11 is 12.5. The molecule has 3 rings (SSSR count). The summed E-state index contributed by atoms with van der Waals surface area (Å²) in [5.74, 6) is 0.827. The van der Waals surface area contributed by atoms with Crippen molar-refractivity contribution in [2.24, 2.45) is 0 Å². The van der Waals surface area contributed by atoms with Crippen LogP contribution < -0.4 is 0 Å². The molecule has 0 saturated heterocycles. The highest BCUT2D eigenvalue weighted by molar-refractivity contribution is 6.31. The van der Waals surface area contributed by atoms with Gasteiger partial charge in [-0.3, -0.25) is 4.57 Å². The van der Waals surface area contributed by atoms with Crippen LogP contribution in [-0.4, -0.2) is 9.55 Å². The minimum Gasteiger partial charge on any atom is -0.295 e. The fourth-order valence-corrected chi connectivity index (χ4v) is 2.62. The summed E-state index contributed by atoms with van der Waals surface area (Å²) in [5.41, 5.74) is 4.01. The van der Waals surface area contributed by atoms with Gasteiger partial charge in [0.05, 0.1) is 16.4 Å². The molecular weight excluding hydrogens is 291 g/mol. The molecule has 2 nitrogen and oxygen atoms in total. The number of para-hydroxylation sites is 2. The lowest BCUT2D eigenvalue weighted by Crippen LogP contribution is -2.02. The lowest BCUT2D eigenvalue weighted by atomic mass is 10.2. The molecule has 0 fully saturated rings. The van der Waals surface area contributed by atoms with Gasteiger partial charge in [-0.25, -0.2) is 4.98 Å². The number of fused-ring (bicyclic) bond motifs is 1. The van der Waals surface area contributed by atoms with Crippen LogP contribution >= 0.6 is 23.2 Å². The van der Waals surface area contributed by atoms with Gasteiger partial charge in [-0.2, -0.15) is 0 Å². The Morgan fingerprint density at radius 2 is 1.90 bits per heavy atom. The van der Waals surface area contributed by atoms with E-state index in [0.717, 1.165) is 33.1 Å². The van der Waals surface area contributed by atoms with Gasteiger partial charge >= 0.3 is 0 Å². The first kappa shape index (κ1) is 13.5. The molecule has 0 N–H and O–H groups in total. The van der Waals surface area contributed by atoms with Crippen molar-refractivity contribution in [3.05, 3.63) is 58.9 Å². The molecule has 0 radical (unpaired) electrons. The monoisotopic (exact) mass is 304 g/mol. The summed E-state index contributed by atoms with van der Waals surface area (Å²) in [7, 11) is 0. The third kappa shape index (κ3) is 2.19. The average Bonchev–Trinajstić information content (AvgIpc) is 2.81. The van der Waals surface area contributed by atoms with Gasteiger partial charge in [-0.15, -0.1) is 11.6 Å². The summed E-state index contributed by atoms with van der Waals surface area (Å²) in [6.45, 7) is 3.91. The summed E-state index contributed by atoms with van der Waals surface area (Å²) in [5, 5.41) is 0.566. The molecule has 1 aromatic heterocycles. The predicted molar refractivity (Wildman–Crippen MR) is 85.1 cm³/mol. The highest BCUT2D eigenvalue weighted by Crippen LogP contribution is 2.29. The molecule has 1 heterocycles. The van der Waals surface area contributed by atoms with Crippen molar-refractivity contribution in [2.75, 3.05) is 0 Å². The number of aryl methyl sites for hydroxylation is 1. The van der Waals surface area contributed by atoms with Gasteiger partial charge in [-0.05, 0) is 43.7 Å². The lowest BCUT2D eigenvalue weighted by molar-refractivity contribution is 0.882. The minimum atomic E-state index is -0.178. The van der Waals surface area contributed by atoms with Crippen molar-refractivity contribution in [1.29, 1.82) is 0 Å². The molecule has 102 valence electrons. The molecule has 20 heavy (non-hydrogen) atoms. The molecule has 2 aromatic carbocycles. The number of hydrogen-bond acceptors (Lipinski definition) is 1. The van der Waals surface area contributed by atoms with Gasteiger partial charge in [0.2, 0.25) is 0 Å². The highest BCUT2D eigenvalue weighted by Gasteiger charge is 2.16. The van der Waals surface area contributed by atoms with E-state index >= 15 is 0 Å². The highest BCUT2D eigenvalue weighted by atomic mass is 35.5. The molecule has 0 amide bonds. The molecule has 0 aliphatic heterocycles. The largest absolute Gasteiger partial charge is 0.295 e. The van der Waals surface area contributed by atoms with Crippen LogP contribution in [0.5, 0.6) is 0 Å². The van der Waals surface area contributed by atoms with Crippen LogP contribution in [0.25, 0.3) is 16.7 Å². The molecule has 0 saturated carbocycles. The maximum Gasteiger partial charge on any atom is 0.132 e. The van der Waals surface area contributed by atoms with Crippen molar-refractivity contribution < 1.29 is 0 Å². The topological polar surface area (TPSA) is 17.8 Å². The fourth-order valence-electron chi connectivity index (χ4n) is 2.30. The predicted octanol–water partition coefficient (Wildman–Crippen LogP) is 5.29. The summed E-state index contributed by atoms with van der Waals surface area (Å²) < 4.78 is 2.07. The molecule has 0 aliphatic rings. The Labute approximate surface area is 128 Å². The number of alkyl halides is 1. The smallest absolute Gasteiger partial charge is 0.132 e. The second-order valence-corrected chi connectivity index (χ2v) is 5.91. The Morgan fingerprint density at radius 3 is 2.60 bits per heavy atom. The quantitative estimate of drug-likeness (QED) is 0.588. The maximum atomic E-state index is 6.28. The van der Waals surface area contributed by atoms with E-state index < -0.39 is 0 Å². The van der Waals surface area contributed by atoms with Crippen LogP contribution in [0.15, 0.2) is 42.5 Å². The first-order chi connectivity index (χ1) is 9.58. The van der Waals surface area contributed by atoms with Crippen molar-refractivity contribution in [3.63, 3.8) is 0 Å². The summed E-state index contributed by atoms with van der Waals surface area (Å²) in [6, 6.07) is 14.0. The summed E-state index contributed by atoms with van der Waals surface area (Å²) in [4.78, 5) is 4.63. The average molecular weight is 305 g/mol. The van der Waals surface area contributed by atoms with Crippen LogP contribution in [0.1, 0.15) is 23.7 Å². The number of imidazole rings is 1. The van der Waals surface area contributed by atoms with Crippen molar-refractivity contribution in [2.45, 2.75) is 19.2 Å². The van der Waals surface area contributed by atoms with Gasteiger partial charge in [0.1, 0.15) is 5.82 Å². The molecule has 1 atom stereocenters. The third-order valence-corrected chi connectivity index (χ3v) is 3.96. The van der Waals surface area contributed by atoms with E-state index in [1.807, 2.05) is 56.3 Å². The van der Waals surface area contributed by atoms with E-state index in [2.05, 4.69) is 9.55 Å². The number of rotatable bonds is 2. The van der Waals surface area contributed by atoms with E-state index in [1.165, 1.54) is 0 Å². The van der Waals surface area contributed by atoms with Crippen LogP contribution in [-0.2, 0) is 0 Å². The maximum absolute atomic E-state index is 6.28. The fraction of sp³-hybridized carbons (Fsp3) is 0.188. The normalized spacial score (nSPS) is 12.8. The van der Waals surface area contributed by atoms with Crippen molar-refractivity contribution in [1.82, 2.24) is 9.55 Å². The van der Waals surface area contributed by atoms with E-state index in [-0.39, 0.29) is 5.38 Å². The standard InChI is InChI=1S/C16H14Cl2N2/c1-10-7-8-12(9-13(10)18)20-15-6-4-3-5-14(15)19-16(20)11(2)17/h3-9,11H,1-2H3. The Bertz CT molecular complexity index is 775. The molecule has 3 aromatic rings. The van der Waals surface area contributed by atoms with Gasteiger partial charge < -0.3 is 0 Å². The zero-order valence-corrected chi connectivity index (χ0v) is 12.8. The Morgan fingerprint density at radius 1 is 1.15 bits per heavy atom. The lowest BCUT2D eigenvalue weighted by Gasteiger charge is -2.11. The van der Waals surface area contributed by atoms with E-state index in [4.69, 9.17) is 23.2 Å². The zero-order valence-electron chi connectivity index (χ0n) is 11.3. The minimum absolute atomic E-state index is 0.178.